The first kappa shape index (κ1) is 16.4. The molecule has 1 saturated heterocycles. The molecule has 0 saturated carbocycles. The van der Waals surface area contributed by atoms with Crippen LogP contribution in [0.15, 0.2) is 24.3 Å². The van der Waals surface area contributed by atoms with Gasteiger partial charge in [-0.15, -0.1) is 5.10 Å². The highest BCUT2D eigenvalue weighted by Gasteiger charge is 2.33. The zero-order valence-corrected chi connectivity index (χ0v) is 14.5. The normalized spacial score (nSPS) is 17.0. The molecular formula is C17H18FN7O. The Morgan fingerprint density at radius 3 is 2.85 bits per heavy atom. The summed E-state index contributed by atoms with van der Waals surface area (Å²) in [6.45, 7) is 0.580. The largest absolute Gasteiger partial charge is 0.361 e. The van der Waals surface area contributed by atoms with Crippen LogP contribution in [0, 0.1) is 5.82 Å². The molecular weight excluding hydrogens is 337 g/mol. The fraction of sp³-hybridized carbons (Fsp3) is 0.353. The minimum absolute atomic E-state index is 0.184. The number of rotatable bonds is 3. The van der Waals surface area contributed by atoms with Crippen LogP contribution in [0.2, 0.25) is 0 Å². The van der Waals surface area contributed by atoms with Gasteiger partial charge in [-0.1, -0.05) is 0 Å². The SMILES string of the molecule is CN(C)c1ccc(C2CCCN2C(=O)c2cc(F)cc3n[nH]nc23)nn1. The van der Waals surface area contributed by atoms with Crippen molar-refractivity contribution < 1.29 is 9.18 Å². The van der Waals surface area contributed by atoms with Crippen LogP contribution in [0.4, 0.5) is 10.2 Å². The molecule has 1 amide bonds. The number of benzene rings is 1. The molecule has 1 aliphatic rings. The Morgan fingerprint density at radius 1 is 1.27 bits per heavy atom. The zero-order chi connectivity index (χ0) is 18.3. The summed E-state index contributed by atoms with van der Waals surface area (Å²) in [6, 6.07) is 6.04. The molecule has 9 heteroatoms. The van der Waals surface area contributed by atoms with E-state index in [1.54, 1.807) is 4.90 Å². The highest BCUT2D eigenvalue weighted by atomic mass is 19.1. The van der Waals surface area contributed by atoms with Gasteiger partial charge in [0.25, 0.3) is 5.91 Å². The first-order valence-electron chi connectivity index (χ1n) is 8.36. The average molecular weight is 355 g/mol. The lowest BCUT2D eigenvalue weighted by atomic mass is 10.1. The van der Waals surface area contributed by atoms with Crippen LogP contribution in [0.3, 0.4) is 0 Å². The van der Waals surface area contributed by atoms with E-state index in [2.05, 4.69) is 25.6 Å². The highest BCUT2D eigenvalue weighted by molar-refractivity contribution is 6.04. The Morgan fingerprint density at radius 2 is 2.12 bits per heavy atom. The predicted octanol–water partition coefficient (Wildman–Crippen LogP) is 1.93. The first-order valence-corrected chi connectivity index (χ1v) is 8.36. The van der Waals surface area contributed by atoms with Gasteiger partial charge in [-0.05, 0) is 31.0 Å². The molecule has 3 heterocycles. The summed E-state index contributed by atoms with van der Waals surface area (Å²) < 4.78 is 13.9. The van der Waals surface area contributed by atoms with Gasteiger partial charge in [0.1, 0.15) is 16.9 Å². The molecule has 3 aromatic rings. The molecule has 0 radical (unpaired) electrons. The van der Waals surface area contributed by atoms with E-state index in [0.29, 0.717) is 17.6 Å². The van der Waals surface area contributed by atoms with Crippen molar-refractivity contribution in [1.29, 1.82) is 0 Å². The number of halogens is 1. The average Bonchev–Trinajstić information content (AvgIpc) is 3.29. The molecule has 1 atom stereocenters. The molecule has 1 unspecified atom stereocenters. The third-order valence-corrected chi connectivity index (χ3v) is 4.60. The van der Waals surface area contributed by atoms with Gasteiger partial charge in [-0.2, -0.15) is 20.5 Å². The summed E-state index contributed by atoms with van der Waals surface area (Å²) in [4.78, 5) is 16.7. The van der Waals surface area contributed by atoms with E-state index in [1.807, 2.05) is 31.1 Å². The van der Waals surface area contributed by atoms with E-state index in [-0.39, 0.29) is 17.5 Å². The van der Waals surface area contributed by atoms with Gasteiger partial charge in [0.2, 0.25) is 0 Å². The molecule has 0 bridgehead atoms. The second-order valence-electron chi connectivity index (χ2n) is 6.51. The number of fused-ring (bicyclic) bond motifs is 1. The number of aromatic nitrogens is 5. The van der Waals surface area contributed by atoms with Gasteiger partial charge in [-0.25, -0.2) is 4.39 Å². The first-order chi connectivity index (χ1) is 12.5. The Bertz CT molecular complexity index is 953. The summed E-state index contributed by atoms with van der Waals surface area (Å²) in [5.41, 5.74) is 1.64. The standard InChI is InChI=1S/C17H18FN7O/c1-24(2)15-6-5-12(19-21-15)14-4-3-7-25(14)17(26)11-8-10(18)9-13-16(11)22-23-20-13/h5-6,8-9,14H,3-4,7H2,1-2H3,(H,20,22,23). The van der Waals surface area contributed by atoms with Crippen molar-refractivity contribution in [3.8, 4) is 0 Å². The maximum Gasteiger partial charge on any atom is 0.256 e. The molecule has 2 aromatic heterocycles. The summed E-state index contributed by atoms with van der Waals surface area (Å²) in [6.07, 6.45) is 1.64. The smallest absolute Gasteiger partial charge is 0.256 e. The van der Waals surface area contributed by atoms with E-state index in [4.69, 9.17) is 0 Å². The molecule has 1 fully saturated rings. The lowest BCUT2D eigenvalue weighted by Crippen LogP contribution is -2.31. The quantitative estimate of drug-likeness (QED) is 0.772. The molecule has 0 spiro atoms. The van der Waals surface area contributed by atoms with Crippen molar-refractivity contribution in [3.63, 3.8) is 0 Å². The van der Waals surface area contributed by atoms with Gasteiger partial charge >= 0.3 is 0 Å². The summed E-state index contributed by atoms with van der Waals surface area (Å²) in [5.74, 6) is -0.0379. The van der Waals surface area contributed by atoms with Gasteiger partial charge in [0, 0.05) is 26.7 Å². The van der Waals surface area contributed by atoms with Crippen molar-refractivity contribution in [2.45, 2.75) is 18.9 Å². The van der Waals surface area contributed by atoms with Crippen molar-refractivity contribution in [2.75, 3.05) is 25.5 Å². The fourth-order valence-electron chi connectivity index (χ4n) is 3.30. The van der Waals surface area contributed by atoms with Gasteiger partial charge in [0.15, 0.2) is 5.82 Å². The van der Waals surface area contributed by atoms with Crippen LogP contribution in [-0.4, -0.2) is 57.1 Å². The van der Waals surface area contributed by atoms with Gasteiger partial charge in [0.05, 0.1) is 17.3 Å². The number of anilines is 1. The minimum atomic E-state index is -0.513. The molecule has 0 aliphatic carbocycles. The number of carbonyl (C=O) groups is 1. The number of hydrogen-bond acceptors (Lipinski definition) is 6. The number of amides is 1. The molecule has 4 rings (SSSR count). The van der Waals surface area contributed by atoms with E-state index in [9.17, 15) is 9.18 Å². The fourth-order valence-corrected chi connectivity index (χ4v) is 3.30. The highest BCUT2D eigenvalue weighted by Crippen LogP contribution is 2.33. The van der Waals surface area contributed by atoms with Crippen LogP contribution in [0.25, 0.3) is 11.0 Å². The third kappa shape index (κ3) is 2.75. The van der Waals surface area contributed by atoms with Crippen molar-refractivity contribution in [3.05, 3.63) is 41.3 Å². The van der Waals surface area contributed by atoms with Crippen LogP contribution in [-0.2, 0) is 0 Å². The van der Waals surface area contributed by atoms with E-state index >= 15 is 0 Å². The Balaban J connectivity index is 1.67. The molecule has 134 valence electrons. The van der Waals surface area contributed by atoms with E-state index in [1.165, 1.54) is 12.1 Å². The summed E-state index contributed by atoms with van der Waals surface area (Å²) >= 11 is 0. The molecule has 1 N–H and O–H groups in total. The molecule has 26 heavy (non-hydrogen) atoms. The Kier molecular flexibility index (Phi) is 3.98. The van der Waals surface area contributed by atoms with Gasteiger partial charge < -0.3 is 9.80 Å². The number of H-pyrrole nitrogens is 1. The Hall–Kier alpha value is -3.10. The summed E-state index contributed by atoms with van der Waals surface area (Å²) in [5, 5.41) is 18.8. The van der Waals surface area contributed by atoms with Crippen LogP contribution >= 0.6 is 0 Å². The number of carbonyl (C=O) groups excluding carboxylic acids is 1. The lowest BCUT2D eigenvalue weighted by molar-refractivity contribution is 0.0733. The number of hydrogen-bond donors (Lipinski definition) is 1. The second kappa shape index (κ2) is 6.32. The molecule has 1 aromatic carbocycles. The third-order valence-electron chi connectivity index (χ3n) is 4.60. The summed E-state index contributed by atoms with van der Waals surface area (Å²) in [7, 11) is 3.78. The zero-order valence-electron chi connectivity index (χ0n) is 14.5. The number of aromatic amines is 1. The number of nitrogens with zero attached hydrogens (tertiary/aromatic N) is 6. The lowest BCUT2D eigenvalue weighted by Gasteiger charge is -2.24. The van der Waals surface area contributed by atoms with E-state index < -0.39 is 5.82 Å². The van der Waals surface area contributed by atoms with E-state index in [0.717, 1.165) is 24.4 Å². The Labute approximate surface area is 149 Å². The minimum Gasteiger partial charge on any atom is -0.361 e. The second-order valence-corrected chi connectivity index (χ2v) is 6.51. The maximum atomic E-state index is 13.9. The predicted molar refractivity (Wildman–Crippen MR) is 93.2 cm³/mol. The van der Waals surface area contributed by atoms with Crippen molar-refractivity contribution in [1.82, 2.24) is 30.5 Å². The molecule has 1 aliphatic heterocycles. The van der Waals surface area contributed by atoms with Crippen LogP contribution in [0.5, 0.6) is 0 Å². The number of likely N-dealkylation sites (tertiary alicyclic amines) is 1. The topological polar surface area (TPSA) is 90.9 Å². The van der Waals surface area contributed by atoms with Crippen LogP contribution < -0.4 is 4.90 Å². The van der Waals surface area contributed by atoms with Crippen molar-refractivity contribution in [2.24, 2.45) is 0 Å². The van der Waals surface area contributed by atoms with Crippen LogP contribution in [0.1, 0.15) is 34.9 Å². The monoisotopic (exact) mass is 355 g/mol. The number of nitrogens with one attached hydrogen (secondary N) is 1. The maximum absolute atomic E-state index is 13.9. The van der Waals surface area contributed by atoms with Crippen molar-refractivity contribution >= 4 is 22.8 Å². The molecule has 8 nitrogen and oxygen atoms in total. The van der Waals surface area contributed by atoms with Gasteiger partial charge in [-0.3, -0.25) is 4.79 Å².